The van der Waals surface area contributed by atoms with Gasteiger partial charge in [0.05, 0.1) is 5.69 Å². The quantitative estimate of drug-likeness (QED) is 0.426. The van der Waals surface area contributed by atoms with Gasteiger partial charge in [-0.25, -0.2) is 9.59 Å². The van der Waals surface area contributed by atoms with Crippen LogP contribution < -0.4 is 10.6 Å². The van der Waals surface area contributed by atoms with E-state index in [2.05, 4.69) is 27.9 Å². The number of hydrogen-bond donors (Lipinski definition) is 3. The molecule has 2 amide bonds. The number of carboxylic acid groups (broad SMARTS) is 1. The van der Waals surface area contributed by atoms with Gasteiger partial charge in [-0.05, 0) is 28.7 Å². The Labute approximate surface area is 203 Å². The number of carbonyl (C=O) groups excluding carboxylic acids is 2. The molecule has 0 radical (unpaired) electrons. The van der Waals surface area contributed by atoms with Gasteiger partial charge in [0.2, 0.25) is 0 Å². The topological polar surface area (TPSA) is 123 Å². The highest BCUT2D eigenvalue weighted by molar-refractivity contribution is 6.02. The van der Waals surface area contributed by atoms with E-state index >= 15 is 0 Å². The zero-order valence-corrected chi connectivity index (χ0v) is 19.7. The SMILES string of the molecule is CCCCC(NC(=O)c1nn(C)cc1NC(=O)OCC1c2ccccc2-c2ccccc21)C(=O)O. The summed E-state index contributed by atoms with van der Waals surface area (Å²) >= 11 is 0. The maximum absolute atomic E-state index is 12.7. The van der Waals surface area contributed by atoms with Crippen LogP contribution in [0.5, 0.6) is 0 Å². The summed E-state index contributed by atoms with van der Waals surface area (Å²) in [5, 5.41) is 18.6. The lowest BCUT2D eigenvalue weighted by Crippen LogP contribution is -2.41. The number of nitrogens with zero attached hydrogens (tertiary/aromatic N) is 2. The Morgan fingerprint density at radius 2 is 1.71 bits per heavy atom. The molecule has 9 nitrogen and oxygen atoms in total. The number of anilines is 1. The van der Waals surface area contributed by atoms with Gasteiger partial charge in [0, 0.05) is 19.2 Å². The number of aromatic nitrogens is 2. The number of hydrogen-bond acceptors (Lipinski definition) is 5. The molecular weight excluding hydrogens is 448 g/mol. The highest BCUT2D eigenvalue weighted by Gasteiger charge is 2.29. The van der Waals surface area contributed by atoms with E-state index in [0.29, 0.717) is 12.8 Å². The zero-order chi connectivity index (χ0) is 24.9. The average molecular weight is 477 g/mol. The van der Waals surface area contributed by atoms with Crippen LogP contribution in [0.1, 0.15) is 53.7 Å². The molecule has 0 aliphatic heterocycles. The van der Waals surface area contributed by atoms with E-state index in [1.54, 1.807) is 7.05 Å². The molecule has 0 spiro atoms. The molecule has 2 aromatic carbocycles. The number of unbranched alkanes of at least 4 members (excludes halogenated alkanes) is 1. The van der Waals surface area contributed by atoms with Crippen LogP contribution in [0.2, 0.25) is 0 Å². The van der Waals surface area contributed by atoms with Crippen molar-refractivity contribution in [1.82, 2.24) is 15.1 Å². The monoisotopic (exact) mass is 476 g/mol. The summed E-state index contributed by atoms with van der Waals surface area (Å²) < 4.78 is 6.92. The lowest BCUT2D eigenvalue weighted by atomic mass is 9.98. The van der Waals surface area contributed by atoms with Crippen molar-refractivity contribution in [3.05, 3.63) is 71.5 Å². The number of ether oxygens (including phenoxy) is 1. The third-order valence-electron chi connectivity index (χ3n) is 6.07. The second-order valence-electron chi connectivity index (χ2n) is 8.52. The number of aryl methyl sites for hydroxylation is 1. The Bertz CT molecular complexity index is 1210. The van der Waals surface area contributed by atoms with Gasteiger partial charge in [-0.1, -0.05) is 68.3 Å². The van der Waals surface area contributed by atoms with Gasteiger partial charge in [0.1, 0.15) is 12.6 Å². The van der Waals surface area contributed by atoms with E-state index < -0.39 is 24.0 Å². The van der Waals surface area contributed by atoms with Gasteiger partial charge in [-0.15, -0.1) is 0 Å². The highest BCUT2D eigenvalue weighted by atomic mass is 16.5. The maximum Gasteiger partial charge on any atom is 0.411 e. The van der Waals surface area contributed by atoms with E-state index in [9.17, 15) is 19.5 Å². The van der Waals surface area contributed by atoms with Crippen LogP contribution >= 0.6 is 0 Å². The van der Waals surface area contributed by atoms with Crippen LogP contribution in [0, 0.1) is 0 Å². The van der Waals surface area contributed by atoms with Crippen molar-refractivity contribution in [2.45, 2.75) is 38.1 Å². The molecule has 4 rings (SSSR count). The molecule has 1 aliphatic rings. The van der Waals surface area contributed by atoms with Crippen molar-refractivity contribution in [2.75, 3.05) is 11.9 Å². The number of nitrogens with one attached hydrogen (secondary N) is 2. The highest BCUT2D eigenvalue weighted by Crippen LogP contribution is 2.44. The largest absolute Gasteiger partial charge is 0.480 e. The van der Waals surface area contributed by atoms with Crippen molar-refractivity contribution in [3.63, 3.8) is 0 Å². The number of benzene rings is 2. The number of aliphatic carboxylic acids is 1. The lowest BCUT2D eigenvalue weighted by molar-refractivity contribution is -0.139. The van der Waals surface area contributed by atoms with Crippen molar-refractivity contribution in [3.8, 4) is 11.1 Å². The minimum absolute atomic E-state index is 0.0799. The average Bonchev–Trinajstić information content (AvgIpc) is 3.37. The second kappa shape index (κ2) is 10.4. The number of rotatable bonds is 9. The van der Waals surface area contributed by atoms with Crippen LogP contribution in [-0.4, -0.2) is 45.5 Å². The van der Waals surface area contributed by atoms with Crippen molar-refractivity contribution < 1.29 is 24.2 Å². The Hall–Kier alpha value is -4.14. The molecule has 182 valence electrons. The standard InChI is InChI=1S/C26H28N4O5/c1-3-4-13-21(25(32)33)27-24(31)23-22(14-30(2)29-23)28-26(34)35-15-20-18-11-7-5-9-16(18)17-10-6-8-12-19(17)20/h5-12,14,20-21H,3-4,13,15H2,1-2H3,(H,27,31)(H,28,34)(H,32,33). The summed E-state index contributed by atoms with van der Waals surface area (Å²) in [5.74, 6) is -1.89. The molecule has 1 unspecified atom stereocenters. The Balaban J connectivity index is 1.43. The molecule has 1 aliphatic carbocycles. The Morgan fingerprint density at radius 3 is 2.31 bits per heavy atom. The van der Waals surface area contributed by atoms with Crippen LogP contribution in [0.3, 0.4) is 0 Å². The predicted octanol–water partition coefficient (Wildman–Crippen LogP) is 4.15. The minimum Gasteiger partial charge on any atom is -0.480 e. The Morgan fingerprint density at radius 1 is 1.09 bits per heavy atom. The summed E-state index contributed by atoms with van der Waals surface area (Å²) in [7, 11) is 1.60. The van der Waals surface area contributed by atoms with Gasteiger partial charge >= 0.3 is 12.1 Å². The number of amides is 2. The molecule has 9 heteroatoms. The first-order chi connectivity index (χ1) is 16.9. The van der Waals surface area contributed by atoms with E-state index in [-0.39, 0.29) is 23.9 Å². The lowest BCUT2D eigenvalue weighted by Gasteiger charge is -2.15. The first kappa shape index (κ1) is 24.0. The third kappa shape index (κ3) is 5.18. The molecule has 0 saturated heterocycles. The van der Waals surface area contributed by atoms with E-state index in [4.69, 9.17) is 4.74 Å². The molecule has 1 heterocycles. The number of fused-ring (bicyclic) bond motifs is 3. The van der Waals surface area contributed by atoms with Crippen LogP contribution in [0.4, 0.5) is 10.5 Å². The first-order valence-corrected chi connectivity index (χ1v) is 11.6. The van der Waals surface area contributed by atoms with Crippen LogP contribution in [0.25, 0.3) is 11.1 Å². The predicted molar refractivity (Wildman–Crippen MR) is 130 cm³/mol. The van der Waals surface area contributed by atoms with Gasteiger partial charge in [-0.2, -0.15) is 5.10 Å². The molecule has 0 saturated carbocycles. The fraction of sp³-hybridized carbons (Fsp3) is 0.308. The molecule has 3 aromatic rings. The maximum atomic E-state index is 12.7. The van der Waals surface area contributed by atoms with Crippen LogP contribution in [0.15, 0.2) is 54.7 Å². The smallest absolute Gasteiger partial charge is 0.411 e. The van der Waals surface area contributed by atoms with Crippen molar-refractivity contribution >= 4 is 23.7 Å². The zero-order valence-electron chi connectivity index (χ0n) is 19.7. The van der Waals surface area contributed by atoms with E-state index in [0.717, 1.165) is 28.7 Å². The molecular formula is C26H28N4O5. The van der Waals surface area contributed by atoms with Crippen molar-refractivity contribution in [1.29, 1.82) is 0 Å². The van der Waals surface area contributed by atoms with Gasteiger partial charge in [0.25, 0.3) is 5.91 Å². The van der Waals surface area contributed by atoms with Crippen LogP contribution in [-0.2, 0) is 16.6 Å². The van der Waals surface area contributed by atoms with Gasteiger partial charge in [0.15, 0.2) is 5.69 Å². The Kier molecular flexibility index (Phi) is 7.14. The third-order valence-corrected chi connectivity index (χ3v) is 6.07. The number of carbonyl (C=O) groups is 3. The normalized spacial score (nSPS) is 13.0. The minimum atomic E-state index is -1.12. The van der Waals surface area contributed by atoms with Gasteiger partial charge in [-0.3, -0.25) is 14.8 Å². The van der Waals surface area contributed by atoms with E-state index in [1.165, 1.54) is 10.9 Å². The summed E-state index contributed by atoms with van der Waals surface area (Å²) in [6.45, 7) is 2.07. The second-order valence-corrected chi connectivity index (χ2v) is 8.52. The molecule has 35 heavy (non-hydrogen) atoms. The first-order valence-electron chi connectivity index (χ1n) is 11.6. The fourth-order valence-corrected chi connectivity index (χ4v) is 4.38. The number of carboxylic acids is 1. The summed E-state index contributed by atoms with van der Waals surface area (Å²) in [6, 6.07) is 15.0. The summed E-state index contributed by atoms with van der Waals surface area (Å²) in [4.78, 5) is 36.9. The molecule has 0 fully saturated rings. The molecule has 3 N–H and O–H groups in total. The molecule has 1 aromatic heterocycles. The van der Waals surface area contributed by atoms with Gasteiger partial charge < -0.3 is 15.2 Å². The molecule has 0 bridgehead atoms. The molecule has 1 atom stereocenters. The summed E-state index contributed by atoms with van der Waals surface area (Å²) in [5.41, 5.74) is 4.49. The summed E-state index contributed by atoms with van der Waals surface area (Å²) in [6.07, 6.45) is 2.51. The van der Waals surface area contributed by atoms with Crippen molar-refractivity contribution in [2.24, 2.45) is 7.05 Å². The van der Waals surface area contributed by atoms with E-state index in [1.807, 2.05) is 43.3 Å². The fourth-order valence-electron chi connectivity index (χ4n) is 4.38.